The lowest BCUT2D eigenvalue weighted by molar-refractivity contribution is -0.156. The molecule has 0 aromatic rings. The zero-order valence-corrected chi connectivity index (χ0v) is 14.2. The van der Waals surface area contributed by atoms with Gasteiger partial charge >= 0.3 is 0 Å². The molecule has 0 spiro atoms. The van der Waals surface area contributed by atoms with Gasteiger partial charge in [-0.1, -0.05) is 0 Å². The third-order valence-electron chi connectivity index (χ3n) is 6.64. The quantitative estimate of drug-likeness (QED) is 0.737. The van der Waals surface area contributed by atoms with Crippen molar-refractivity contribution >= 4 is 5.90 Å². The van der Waals surface area contributed by atoms with Gasteiger partial charge in [-0.25, -0.2) is 4.99 Å². The van der Waals surface area contributed by atoms with Gasteiger partial charge < -0.3 is 15.1 Å². The highest BCUT2D eigenvalue weighted by Gasteiger charge is 2.57. The molecule has 2 unspecified atom stereocenters. The van der Waals surface area contributed by atoms with Crippen molar-refractivity contribution in [2.45, 2.75) is 70.1 Å². The molecule has 5 aliphatic rings. The lowest BCUT2D eigenvalue weighted by atomic mass is 9.48. The van der Waals surface area contributed by atoms with E-state index in [4.69, 9.17) is 14.9 Å². The molecule has 0 amide bonds. The highest BCUT2D eigenvalue weighted by molar-refractivity contribution is 5.81. The summed E-state index contributed by atoms with van der Waals surface area (Å²) in [5, 5.41) is 21.1. The average molecular weight is 322 g/mol. The first-order chi connectivity index (χ1) is 11.1. The first-order valence-electron chi connectivity index (χ1n) is 9.37. The van der Waals surface area contributed by atoms with Gasteiger partial charge in [0, 0.05) is 19.1 Å². The Balaban J connectivity index is 1.48. The van der Waals surface area contributed by atoms with Crippen LogP contribution in [0.1, 0.15) is 57.8 Å². The molecule has 0 radical (unpaired) electrons. The van der Waals surface area contributed by atoms with Crippen LogP contribution in [0.2, 0.25) is 0 Å². The van der Waals surface area contributed by atoms with Gasteiger partial charge in [-0.15, -0.1) is 5.06 Å². The van der Waals surface area contributed by atoms with E-state index in [0.29, 0.717) is 12.3 Å². The number of unbranched alkanes of at least 4 members (excludes halogenated alkanes) is 1. The van der Waals surface area contributed by atoms with Crippen molar-refractivity contribution in [2.24, 2.45) is 28.2 Å². The Morgan fingerprint density at radius 2 is 1.78 bits per heavy atom. The molecule has 130 valence electrons. The molecule has 0 aromatic carbocycles. The third-order valence-corrected chi connectivity index (χ3v) is 6.64. The molecule has 4 bridgehead atoms. The first-order valence-corrected chi connectivity index (χ1v) is 9.37. The predicted molar refractivity (Wildman–Crippen MR) is 87.6 cm³/mol. The maximum atomic E-state index is 10.3. The molecule has 5 rings (SSSR count). The molecular weight excluding hydrogens is 292 g/mol. The lowest BCUT2D eigenvalue weighted by Gasteiger charge is -2.58. The first kappa shape index (κ1) is 15.9. The van der Waals surface area contributed by atoms with Crippen LogP contribution < -0.4 is 0 Å². The van der Waals surface area contributed by atoms with Crippen LogP contribution in [0, 0.1) is 23.2 Å². The molecule has 4 aliphatic carbocycles. The van der Waals surface area contributed by atoms with Crippen molar-refractivity contribution in [1.29, 1.82) is 0 Å². The second-order valence-corrected chi connectivity index (χ2v) is 8.49. The van der Waals surface area contributed by atoms with Gasteiger partial charge in [-0.2, -0.15) is 0 Å². The normalized spacial score (nSPS) is 43.5. The fraction of sp³-hybridized carbons (Fsp3) is 0.944. The summed E-state index contributed by atoms with van der Waals surface area (Å²) in [5.74, 6) is 3.17. The second-order valence-electron chi connectivity index (χ2n) is 8.49. The molecule has 4 fully saturated rings. The van der Waals surface area contributed by atoms with Gasteiger partial charge in [-0.05, 0) is 75.5 Å². The Labute approximate surface area is 138 Å². The summed E-state index contributed by atoms with van der Waals surface area (Å²) >= 11 is 0. The van der Waals surface area contributed by atoms with E-state index in [1.165, 1.54) is 38.5 Å². The summed E-state index contributed by atoms with van der Waals surface area (Å²) < 4.78 is 0. The Hall–Kier alpha value is -0.650. The standard InChI is InChI=1S/C18H30N2O3/c1-20-17(19-16(23-20)15(22)4-2-3-5-21)18-9-12-6-13(10-18)8-14(7-12)11-18/h12-15,17,21-22H,2-11H2,1H3. The van der Waals surface area contributed by atoms with Gasteiger partial charge in [0.25, 0.3) is 0 Å². The molecule has 5 nitrogen and oxygen atoms in total. The second kappa shape index (κ2) is 6.01. The van der Waals surface area contributed by atoms with E-state index in [2.05, 4.69) is 0 Å². The number of hydrogen-bond acceptors (Lipinski definition) is 5. The van der Waals surface area contributed by atoms with Gasteiger partial charge in [0.05, 0.1) is 0 Å². The smallest absolute Gasteiger partial charge is 0.240 e. The van der Waals surface area contributed by atoms with Gasteiger partial charge in [0.1, 0.15) is 12.3 Å². The SMILES string of the molecule is CN1OC(C(O)CCCCO)=NC1C12CC3CC(CC(C3)C1)C2. The Morgan fingerprint density at radius 1 is 1.17 bits per heavy atom. The molecular formula is C18H30N2O3. The summed E-state index contributed by atoms with van der Waals surface area (Å²) in [6, 6.07) is 0. The van der Waals surface area contributed by atoms with Crippen LogP contribution in [0.3, 0.4) is 0 Å². The summed E-state index contributed by atoms with van der Waals surface area (Å²) in [7, 11) is 1.97. The molecule has 23 heavy (non-hydrogen) atoms. The van der Waals surface area contributed by atoms with E-state index in [-0.39, 0.29) is 18.2 Å². The number of aliphatic hydroxyl groups is 2. The van der Waals surface area contributed by atoms with E-state index >= 15 is 0 Å². The van der Waals surface area contributed by atoms with E-state index in [1.807, 2.05) is 12.1 Å². The molecule has 5 heteroatoms. The zero-order chi connectivity index (χ0) is 16.0. The number of nitrogens with zero attached hydrogens (tertiary/aromatic N) is 2. The molecule has 0 aromatic heterocycles. The van der Waals surface area contributed by atoms with Crippen molar-refractivity contribution in [3.63, 3.8) is 0 Å². The highest BCUT2D eigenvalue weighted by atomic mass is 16.7. The summed E-state index contributed by atoms with van der Waals surface area (Å²) in [6.45, 7) is 0.176. The average Bonchev–Trinajstić information content (AvgIpc) is 2.89. The van der Waals surface area contributed by atoms with Crippen molar-refractivity contribution in [1.82, 2.24) is 5.06 Å². The minimum atomic E-state index is -0.636. The number of rotatable bonds is 6. The van der Waals surface area contributed by atoms with Gasteiger partial charge in [0.15, 0.2) is 0 Å². The van der Waals surface area contributed by atoms with Crippen LogP contribution >= 0.6 is 0 Å². The maximum absolute atomic E-state index is 10.3. The number of hydrogen-bond donors (Lipinski definition) is 2. The fourth-order valence-electron chi connectivity index (χ4n) is 6.16. The Bertz CT molecular complexity index is 444. The molecule has 0 saturated heterocycles. The summed E-state index contributed by atoms with van der Waals surface area (Å²) in [6.07, 6.45) is 9.72. The van der Waals surface area contributed by atoms with Crippen LogP contribution in [0.25, 0.3) is 0 Å². The van der Waals surface area contributed by atoms with E-state index in [0.717, 1.165) is 30.6 Å². The topological polar surface area (TPSA) is 65.3 Å². The van der Waals surface area contributed by atoms with Crippen LogP contribution in [0.5, 0.6) is 0 Å². The summed E-state index contributed by atoms with van der Waals surface area (Å²) in [4.78, 5) is 10.7. The monoisotopic (exact) mass is 322 g/mol. The van der Waals surface area contributed by atoms with Crippen LogP contribution in [0.4, 0.5) is 0 Å². The van der Waals surface area contributed by atoms with E-state index in [9.17, 15) is 5.11 Å². The van der Waals surface area contributed by atoms with Crippen molar-refractivity contribution < 1.29 is 15.1 Å². The number of aliphatic hydroxyl groups excluding tert-OH is 2. The molecule has 1 aliphatic heterocycles. The van der Waals surface area contributed by atoms with Gasteiger partial charge in [-0.3, -0.25) is 0 Å². The van der Waals surface area contributed by atoms with Gasteiger partial charge in [0.2, 0.25) is 5.90 Å². The van der Waals surface area contributed by atoms with Crippen LogP contribution in [-0.2, 0) is 4.84 Å². The lowest BCUT2D eigenvalue weighted by Crippen LogP contribution is -2.54. The molecule has 1 heterocycles. The summed E-state index contributed by atoms with van der Waals surface area (Å²) in [5.41, 5.74) is 0.274. The van der Waals surface area contributed by atoms with Crippen LogP contribution in [-0.4, -0.2) is 47.1 Å². The maximum Gasteiger partial charge on any atom is 0.240 e. The Kier molecular flexibility index (Phi) is 4.14. The Morgan fingerprint density at radius 3 is 2.35 bits per heavy atom. The van der Waals surface area contributed by atoms with E-state index in [1.54, 1.807) is 0 Å². The molecule has 4 saturated carbocycles. The third kappa shape index (κ3) is 2.81. The van der Waals surface area contributed by atoms with Crippen molar-refractivity contribution in [3.05, 3.63) is 0 Å². The number of hydroxylamine groups is 2. The fourth-order valence-corrected chi connectivity index (χ4v) is 6.16. The minimum Gasteiger partial charge on any atom is -0.396 e. The largest absolute Gasteiger partial charge is 0.396 e. The van der Waals surface area contributed by atoms with Crippen molar-refractivity contribution in [2.75, 3.05) is 13.7 Å². The van der Waals surface area contributed by atoms with E-state index < -0.39 is 6.10 Å². The minimum absolute atomic E-state index is 0.0818. The highest BCUT2D eigenvalue weighted by Crippen LogP contribution is 2.62. The van der Waals surface area contributed by atoms with Crippen LogP contribution in [0.15, 0.2) is 4.99 Å². The van der Waals surface area contributed by atoms with Crippen molar-refractivity contribution in [3.8, 4) is 0 Å². The zero-order valence-electron chi connectivity index (χ0n) is 14.2. The molecule has 2 atom stereocenters. The molecule has 2 N–H and O–H groups in total. The predicted octanol–water partition coefficient (Wildman–Crippen LogP) is 2.33. The number of aliphatic imine (C=N–C) groups is 1.